The molecule has 4 rings (SSSR count). The molecule has 4 aliphatic carbocycles. The van der Waals surface area contributed by atoms with Crippen molar-refractivity contribution in [3.63, 3.8) is 0 Å². The van der Waals surface area contributed by atoms with Gasteiger partial charge in [0.05, 0.1) is 0 Å². The highest BCUT2D eigenvalue weighted by Gasteiger charge is 3.22. The number of halogens is 15. The molecule has 4 aliphatic rings. The highest BCUT2D eigenvalue weighted by atomic mass is 19.3. The molecule has 4 bridgehead atoms. The summed E-state index contributed by atoms with van der Waals surface area (Å²) in [6.07, 6.45) is -2.55. The molecule has 27 heavy (non-hydrogen) atoms. The number of carbonyl (C=O) groups is 1. The molecule has 0 saturated heterocycles. The summed E-state index contributed by atoms with van der Waals surface area (Å²) in [5, 5.41) is 0. The zero-order valence-electron chi connectivity index (χ0n) is 11.7. The van der Waals surface area contributed by atoms with Gasteiger partial charge >= 0.3 is 52.5 Å². The van der Waals surface area contributed by atoms with Crippen LogP contribution in [0.5, 0.6) is 0 Å². The fraction of sp³-hybridized carbons (Fsp3) is 0.909. The number of aldehydes is 1. The van der Waals surface area contributed by atoms with Crippen LogP contribution in [0.1, 0.15) is 0 Å². The van der Waals surface area contributed by atoms with Gasteiger partial charge in [-0.3, -0.25) is 0 Å². The monoisotopic (exact) mass is 434 g/mol. The maximum atomic E-state index is 14.3. The quantitative estimate of drug-likeness (QED) is 0.448. The third kappa shape index (κ3) is 1.05. The van der Waals surface area contributed by atoms with Crippen LogP contribution in [0.2, 0.25) is 0 Å². The second-order valence-corrected chi connectivity index (χ2v) is 6.35. The Hall–Kier alpha value is -1.38. The zero-order chi connectivity index (χ0) is 21.7. The van der Waals surface area contributed by atoms with Crippen molar-refractivity contribution in [2.24, 2.45) is 5.41 Å². The lowest BCUT2D eigenvalue weighted by atomic mass is 9.37. The summed E-state index contributed by atoms with van der Waals surface area (Å²) in [5.74, 6) is -46.3. The standard InChI is InChI=1S/C11HF15O/c12-3-6(15,16)2(1-27)7(17,18)4(13,9(3,21)22)11(25,26)5(14,8(2,19)20)10(3,23)24/h1H. The molecular weight excluding hydrogens is 433 g/mol. The van der Waals surface area contributed by atoms with Gasteiger partial charge in [0.1, 0.15) is 6.29 Å². The average Bonchev–Trinajstić information content (AvgIpc) is 2.48. The first-order chi connectivity index (χ1) is 11.6. The van der Waals surface area contributed by atoms with E-state index in [0.717, 1.165) is 0 Å². The molecule has 0 unspecified atom stereocenters. The van der Waals surface area contributed by atoms with Crippen molar-refractivity contribution in [1.82, 2.24) is 0 Å². The lowest BCUT2D eigenvalue weighted by Crippen LogP contribution is -3.07. The maximum absolute atomic E-state index is 14.3. The normalized spacial score (nSPS) is 51.8. The van der Waals surface area contributed by atoms with Crippen molar-refractivity contribution in [2.45, 2.75) is 52.5 Å². The van der Waals surface area contributed by atoms with E-state index < -0.39 is 64.2 Å². The van der Waals surface area contributed by atoms with Gasteiger partial charge in [0.25, 0.3) is 0 Å². The minimum absolute atomic E-state index is 2.55. The SMILES string of the molecule is O=CC12C(F)(F)C3(F)C(F)(F)C(F)(C(F)(F)C(F)(C3(F)F)C1(F)F)C2(F)F. The molecule has 0 aromatic heterocycles. The van der Waals surface area contributed by atoms with Crippen molar-refractivity contribution in [1.29, 1.82) is 0 Å². The predicted octanol–water partition coefficient (Wildman–Crippen LogP) is 4.15. The topological polar surface area (TPSA) is 17.1 Å². The Morgan fingerprint density at radius 2 is 0.556 bits per heavy atom. The molecule has 0 atom stereocenters. The fourth-order valence-electron chi connectivity index (χ4n) is 4.12. The van der Waals surface area contributed by atoms with Gasteiger partial charge in [-0.05, 0) is 0 Å². The third-order valence-corrected chi connectivity index (χ3v) is 5.56. The van der Waals surface area contributed by atoms with Crippen molar-refractivity contribution >= 4 is 6.29 Å². The maximum Gasteiger partial charge on any atom is 0.339 e. The van der Waals surface area contributed by atoms with E-state index in [-0.39, 0.29) is 0 Å². The summed E-state index contributed by atoms with van der Waals surface area (Å²) >= 11 is 0. The van der Waals surface area contributed by atoms with Crippen molar-refractivity contribution in [3.8, 4) is 0 Å². The number of hydrogen-bond donors (Lipinski definition) is 0. The van der Waals surface area contributed by atoms with Crippen LogP contribution in [0.15, 0.2) is 0 Å². The molecule has 4 fully saturated rings. The van der Waals surface area contributed by atoms with Gasteiger partial charge < -0.3 is 4.79 Å². The Labute approximate surface area is 136 Å². The third-order valence-electron chi connectivity index (χ3n) is 5.56. The Morgan fingerprint density at radius 3 is 0.704 bits per heavy atom. The van der Waals surface area contributed by atoms with Gasteiger partial charge in [0.2, 0.25) is 5.41 Å². The zero-order valence-corrected chi connectivity index (χ0v) is 11.7. The molecule has 0 amide bonds. The van der Waals surface area contributed by atoms with Crippen LogP contribution in [0.3, 0.4) is 0 Å². The Bertz CT molecular complexity index is 640. The van der Waals surface area contributed by atoms with E-state index >= 15 is 0 Å². The second-order valence-electron chi connectivity index (χ2n) is 6.35. The van der Waals surface area contributed by atoms with Gasteiger partial charge in [-0.15, -0.1) is 0 Å². The summed E-state index contributed by atoms with van der Waals surface area (Å²) in [5.41, 5.74) is -30.0. The van der Waals surface area contributed by atoms with E-state index in [2.05, 4.69) is 0 Å². The molecule has 156 valence electrons. The Kier molecular flexibility index (Phi) is 2.91. The minimum Gasteiger partial charge on any atom is -0.302 e. The molecule has 0 N–H and O–H groups in total. The van der Waals surface area contributed by atoms with Crippen LogP contribution in [0, 0.1) is 5.41 Å². The Morgan fingerprint density at radius 1 is 0.370 bits per heavy atom. The molecular formula is C11HF15O. The van der Waals surface area contributed by atoms with E-state index in [1.807, 2.05) is 0 Å². The number of carbonyl (C=O) groups excluding carboxylic acids is 1. The molecule has 16 heteroatoms. The van der Waals surface area contributed by atoms with Gasteiger partial charge in [0.15, 0.2) is 0 Å². The summed E-state index contributed by atoms with van der Waals surface area (Å²) in [6.45, 7) is 0. The van der Waals surface area contributed by atoms with Crippen molar-refractivity contribution in [3.05, 3.63) is 0 Å². The number of alkyl halides is 15. The fourth-order valence-corrected chi connectivity index (χ4v) is 4.12. The van der Waals surface area contributed by atoms with Crippen LogP contribution < -0.4 is 0 Å². The lowest BCUT2D eigenvalue weighted by Gasteiger charge is -2.74. The first kappa shape index (κ1) is 20.4. The molecule has 0 heterocycles. The molecule has 0 aromatic carbocycles. The van der Waals surface area contributed by atoms with Gasteiger partial charge in [-0.1, -0.05) is 0 Å². The van der Waals surface area contributed by atoms with Crippen molar-refractivity contribution in [2.75, 3.05) is 0 Å². The largest absolute Gasteiger partial charge is 0.339 e. The Balaban J connectivity index is 2.75. The second kappa shape index (κ2) is 3.86. The van der Waals surface area contributed by atoms with E-state index in [1.165, 1.54) is 0 Å². The molecule has 0 radical (unpaired) electrons. The van der Waals surface area contributed by atoms with Crippen molar-refractivity contribution < 1.29 is 70.7 Å². The highest BCUT2D eigenvalue weighted by Crippen LogP contribution is 2.90. The van der Waals surface area contributed by atoms with Crippen LogP contribution in [0.4, 0.5) is 65.9 Å². The number of rotatable bonds is 1. The van der Waals surface area contributed by atoms with Gasteiger partial charge in [0, 0.05) is 0 Å². The smallest absolute Gasteiger partial charge is 0.302 e. The van der Waals surface area contributed by atoms with E-state index in [0.29, 0.717) is 0 Å². The predicted molar refractivity (Wildman–Crippen MR) is 49.7 cm³/mol. The molecule has 0 aromatic rings. The van der Waals surface area contributed by atoms with Crippen LogP contribution >= 0.6 is 0 Å². The summed E-state index contributed by atoms with van der Waals surface area (Å²) in [7, 11) is 0. The van der Waals surface area contributed by atoms with Crippen LogP contribution in [0.25, 0.3) is 0 Å². The molecule has 0 spiro atoms. The van der Waals surface area contributed by atoms with Crippen LogP contribution in [-0.4, -0.2) is 58.8 Å². The number of hydrogen-bond acceptors (Lipinski definition) is 1. The van der Waals surface area contributed by atoms with E-state index in [4.69, 9.17) is 0 Å². The van der Waals surface area contributed by atoms with E-state index in [9.17, 15) is 70.7 Å². The molecule has 0 aliphatic heterocycles. The summed E-state index contributed by atoms with van der Waals surface area (Å²) in [4.78, 5) is 10.7. The molecule has 4 saturated carbocycles. The summed E-state index contributed by atoms with van der Waals surface area (Å²) in [6, 6.07) is 0. The van der Waals surface area contributed by atoms with Crippen LogP contribution in [-0.2, 0) is 4.79 Å². The average molecular weight is 434 g/mol. The first-order valence-electron chi connectivity index (χ1n) is 6.36. The van der Waals surface area contributed by atoms with Gasteiger partial charge in [-0.25, -0.2) is 39.5 Å². The molecule has 1 nitrogen and oxygen atoms in total. The highest BCUT2D eigenvalue weighted by molar-refractivity contribution is 5.74. The van der Waals surface area contributed by atoms with E-state index in [1.54, 1.807) is 0 Å². The van der Waals surface area contributed by atoms with Gasteiger partial charge in [-0.2, -0.15) is 26.3 Å². The summed E-state index contributed by atoms with van der Waals surface area (Å²) < 4.78 is 210. The first-order valence-corrected chi connectivity index (χ1v) is 6.36. The minimum atomic E-state index is -7.83. The lowest BCUT2D eigenvalue weighted by molar-refractivity contribution is -0.601.